The first-order valence-electron chi connectivity index (χ1n) is 9.00. The predicted molar refractivity (Wildman–Crippen MR) is 89.9 cm³/mol. The van der Waals surface area contributed by atoms with E-state index < -0.39 is 0 Å². The van der Waals surface area contributed by atoms with Gasteiger partial charge in [0.05, 0.1) is 32.0 Å². The number of carbonyl (C=O) groups excluding carboxylic acids is 1. The molecule has 3 heterocycles. The van der Waals surface area contributed by atoms with E-state index in [4.69, 9.17) is 4.74 Å². The Kier molecular flexibility index (Phi) is 6.17. The van der Waals surface area contributed by atoms with Crippen LogP contribution < -0.4 is 5.32 Å². The van der Waals surface area contributed by atoms with Gasteiger partial charge in [-0.15, -0.1) is 5.10 Å². The van der Waals surface area contributed by atoms with E-state index in [1.165, 1.54) is 0 Å². The fourth-order valence-corrected chi connectivity index (χ4v) is 3.33. The number of carbonyl (C=O) groups is 1. The van der Waals surface area contributed by atoms with E-state index in [9.17, 15) is 4.79 Å². The first-order valence-corrected chi connectivity index (χ1v) is 9.00. The van der Waals surface area contributed by atoms with Crippen LogP contribution in [0.1, 0.15) is 30.3 Å². The quantitative estimate of drug-likeness (QED) is 0.777. The Hall–Kier alpha value is -1.51. The Labute approximate surface area is 143 Å². The zero-order chi connectivity index (χ0) is 16.8. The average molecular weight is 336 g/mol. The van der Waals surface area contributed by atoms with Gasteiger partial charge in [0.15, 0.2) is 5.69 Å². The summed E-state index contributed by atoms with van der Waals surface area (Å²) in [5.74, 6) is -0.0230. The maximum Gasteiger partial charge on any atom is 0.276 e. The van der Waals surface area contributed by atoms with Crippen molar-refractivity contribution in [3.05, 3.63) is 11.9 Å². The van der Waals surface area contributed by atoms with Gasteiger partial charge in [0.1, 0.15) is 0 Å². The minimum absolute atomic E-state index is 0.0230. The Balaban J connectivity index is 1.56. The van der Waals surface area contributed by atoms with Crippen molar-refractivity contribution in [1.82, 2.24) is 30.1 Å². The molecule has 0 radical (unpaired) electrons. The summed E-state index contributed by atoms with van der Waals surface area (Å²) in [5, 5.41) is 11.6. The topological polar surface area (TPSA) is 75.5 Å². The largest absolute Gasteiger partial charge is 0.377 e. The first-order chi connectivity index (χ1) is 11.8. The van der Waals surface area contributed by atoms with Crippen molar-refractivity contribution in [3.8, 4) is 0 Å². The summed E-state index contributed by atoms with van der Waals surface area (Å²) in [7, 11) is 0. The number of rotatable bonds is 6. The summed E-state index contributed by atoms with van der Waals surface area (Å²) in [4.78, 5) is 17.0. The van der Waals surface area contributed by atoms with Gasteiger partial charge < -0.3 is 15.0 Å². The maximum atomic E-state index is 12.7. The summed E-state index contributed by atoms with van der Waals surface area (Å²) in [5.41, 5.74) is 0.443. The van der Waals surface area contributed by atoms with Crippen LogP contribution in [0.4, 0.5) is 0 Å². The van der Waals surface area contributed by atoms with Crippen LogP contribution >= 0.6 is 0 Å². The lowest BCUT2D eigenvalue weighted by Gasteiger charge is -2.35. The maximum absolute atomic E-state index is 12.7. The number of aromatic nitrogens is 3. The Morgan fingerprint density at radius 3 is 2.96 bits per heavy atom. The van der Waals surface area contributed by atoms with Crippen molar-refractivity contribution >= 4 is 5.91 Å². The van der Waals surface area contributed by atoms with Crippen LogP contribution in [0.25, 0.3) is 0 Å². The molecule has 1 aromatic rings. The van der Waals surface area contributed by atoms with E-state index >= 15 is 0 Å². The van der Waals surface area contributed by atoms with Gasteiger partial charge in [-0.1, -0.05) is 18.6 Å². The molecule has 134 valence electrons. The van der Waals surface area contributed by atoms with E-state index in [0.29, 0.717) is 25.5 Å². The smallest absolute Gasteiger partial charge is 0.276 e. The Morgan fingerprint density at radius 1 is 1.33 bits per heavy atom. The molecule has 1 amide bonds. The highest BCUT2D eigenvalue weighted by atomic mass is 16.5. The van der Waals surface area contributed by atoms with Gasteiger partial charge in [-0.3, -0.25) is 14.4 Å². The SMILES string of the molecule is CCC[C@@H]1COCCN1C(=O)c1cn(CCN2CCNCC2)nn1. The molecule has 1 aromatic heterocycles. The second kappa shape index (κ2) is 8.55. The summed E-state index contributed by atoms with van der Waals surface area (Å²) >= 11 is 0. The molecule has 3 rings (SSSR count). The lowest BCUT2D eigenvalue weighted by atomic mass is 10.1. The summed E-state index contributed by atoms with van der Waals surface area (Å²) in [6, 6.07) is 0.155. The normalized spacial score (nSPS) is 22.7. The number of piperazine rings is 1. The highest BCUT2D eigenvalue weighted by Gasteiger charge is 2.29. The minimum Gasteiger partial charge on any atom is -0.377 e. The van der Waals surface area contributed by atoms with E-state index in [0.717, 1.165) is 52.1 Å². The van der Waals surface area contributed by atoms with Gasteiger partial charge in [0, 0.05) is 39.3 Å². The van der Waals surface area contributed by atoms with E-state index in [1.54, 1.807) is 10.9 Å². The highest BCUT2D eigenvalue weighted by molar-refractivity contribution is 5.92. The van der Waals surface area contributed by atoms with Crippen LogP contribution in [0.3, 0.4) is 0 Å². The predicted octanol–water partition coefficient (Wildman–Crippen LogP) is -0.176. The van der Waals surface area contributed by atoms with E-state index in [2.05, 4.69) is 27.5 Å². The van der Waals surface area contributed by atoms with Crippen molar-refractivity contribution in [1.29, 1.82) is 0 Å². The van der Waals surface area contributed by atoms with Crippen LogP contribution in [-0.2, 0) is 11.3 Å². The number of morpholine rings is 1. The monoisotopic (exact) mass is 336 g/mol. The highest BCUT2D eigenvalue weighted by Crippen LogP contribution is 2.15. The third-order valence-electron chi connectivity index (χ3n) is 4.72. The second-order valence-electron chi connectivity index (χ2n) is 6.47. The number of hydrogen-bond donors (Lipinski definition) is 1. The number of nitrogens with one attached hydrogen (secondary N) is 1. The van der Waals surface area contributed by atoms with Crippen LogP contribution in [0.5, 0.6) is 0 Å². The summed E-state index contributed by atoms with van der Waals surface area (Å²) in [6.45, 7) is 9.89. The molecule has 0 bridgehead atoms. The van der Waals surface area contributed by atoms with E-state index in [-0.39, 0.29) is 11.9 Å². The number of hydrogen-bond acceptors (Lipinski definition) is 6. The fourth-order valence-electron chi connectivity index (χ4n) is 3.33. The molecule has 2 aliphatic heterocycles. The number of nitrogens with zero attached hydrogens (tertiary/aromatic N) is 5. The molecular formula is C16H28N6O2. The zero-order valence-corrected chi connectivity index (χ0v) is 14.5. The van der Waals surface area contributed by atoms with Gasteiger partial charge in [0.2, 0.25) is 0 Å². The van der Waals surface area contributed by atoms with Crippen LogP contribution in [0.15, 0.2) is 6.20 Å². The van der Waals surface area contributed by atoms with Crippen molar-refractivity contribution in [3.63, 3.8) is 0 Å². The van der Waals surface area contributed by atoms with Crippen LogP contribution in [-0.4, -0.2) is 89.2 Å². The average Bonchev–Trinajstić information content (AvgIpc) is 3.10. The molecular weight excluding hydrogens is 308 g/mol. The third kappa shape index (κ3) is 4.31. The lowest BCUT2D eigenvalue weighted by molar-refractivity contribution is -0.00464. The number of ether oxygens (including phenoxy) is 1. The minimum atomic E-state index is -0.0230. The fraction of sp³-hybridized carbons (Fsp3) is 0.812. The molecule has 1 atom stereocenters. The van der Waals surface area contributed by atoms with Crippen molar-refractivity contribution in [2.24, 2.45) is 0 Å². The van der Waals surface area contributed by atoms with Crippen molar-refractivity contribution in [2.45, 2.75) is 32.4 Å². The van der Waals surface area contributed by atoms with Gasteiger partial charge >= 0.3 is 0 Å². The van der Waals surface area contributed by atoms with Gasteiger partial charge in [-0.25, -0.2) is 0 Å². The molecule has 1 N–H and O–H groups in total. The molecule has 0 aromatic carbocycles. The van der Waals surface area contributed by atoms with Crippen molar-refractivity contribution in [2.75, 3.05) is 52.5 Å². The molecule has 2 saturated heterocycles. The van der Waals surface area contributed by atoms with Gasteiger partial charge in [0.25, 0.3) is 5.91 Å². The molecule has 24 heavy (non-hydrogen) atoms. The van der Waals surface area contributed by atoms with Crippen molar-refractivity contribution < 1.29 is 9.53 Å². The Bertz CT molecular complexity index is 526. The van der Waals surface area contributed by atoms with E-state index in [1.807, 2.05) is 4.90 Å². The summed E-state index contributed by atoms with van der Waals surface area (Å²) < 4.78 is 7.30. The lowest BCUT2D eigenvalue weighted by Crippen LogP contribution is -2.48. The molecule has 2 fully saturated rings. The standard InChI is InChI=1S/C16H28N6O2/c1-2-3-14-13-24-11-10-22(14)16(23)15-12-21(19-18-15)9-8-20-6-4-17-5-7-20/h12,14,17H,2-11,13H2,1H3/t14-/m1/s1. The Morgan fingerprint density at radius 2 is 2.17 bits per heavy atom. The van der Waals surface area contributed by atoms with Crippen LogP contribution in [0, 0.1) is 0 Å². The zero-order valence-electron chi connectivity index (χ0n) is 14.5. The third-order valence-corrected chi connectivity index (χ3v) is 4.72. The molecule has 0 spiro atoms. The van der Waals surface area contributed by atoms with Crippen LogP contribution in [0.2, 0.25) is 0 Å². The summed E-state index contributed by atoms with van der Waals surface area (Å²) in [6.07, 6.45) is 3.78. The molecule has 0 aliphatic carbocycles. The molecule has 8 heteroatoms. The second-order valence-corrected chi connectivity index (χ2v) is 6.47. The molecule has 2 aliphatic rings. The molecule has 0 saturated carbocycles. The van der Waals surface area contributed by atoms with Gasteiger partial charge in [-0.05, 0) is 6.42 Å². The molecule has 0 unspecified atom stereocenters. The number of amides is 1. The first kappa shape index (κ1) is 17.3. The van der Waals surface area contributed by atoms with Gasteiger partial charge in [-0.2, -0.15) is 0 Å². The molecule has 8 nitrogen and oxygen atoms in total.